The first-order valence-electron chi connectivity index (χ1n) is 3.90. The van der Waals surface area contributed by atoms with Crippen molar-refractivity contribution in [3.8, 4) is 0 Å². The normalized spacial score (nSPS) is 16.6. The van der Waals surface area contributed by atoms with E-state index in [0.29, 0.717) is 0 Å². The number of allylic oxidation sites excluding steroid dienone is 6. The van der Waals surface area contributed by atoms with Crippen molar-refractivity contribution in [3.05, 3.63) is 36.0 Å². The second kappa shape index (κ2) is 5.38. The third-order valence-electron chi connectivity index (χ3n) is 1.46. The zero-order valence-electron chi connectivity index (χ0n) is 6.82. The predicted octanol–water partition coefficient (Wildman–Crippen LogP) is 3.37. The molecule has 0 spiro atoms. The Labute approximate surface area is 74.9 Å². The van der Waals surface area contributed by atoms with Gasteiger partial charge >= 0.3 is 74.5 Å². The van der Waals surface area contributed by atoms with Gasteiger partial charge in [-0.05, 0) is 0 Å². The molecule has 0 aromatic heterocycles. The molecule has 0 atom stereocenters. The van der Waals surface area contributed by atoms with Crippen molar-refractivity contribution in [3.63, 3.8) is 0 Å². The monoisotopic (exact) mass is 192 g/mol. The van der Waals surface area contributed by atoms with Gasteiger partial charge in [-0.25, -0.2) is 0 Å². The standard InChI is InChI=1S/C8H9.C2H5.Ni/c1-2-5-8-6-3-4-7-8;1-2;/h2-6H,1,7H2;1H2,2H3;. The van der Waals surface area contributed by atoms with Crippen molar-refractivity contribution in [2.24, 2.45) is 0 Å². The van der Waals surface area contributed by atoms with Gasteiger partial charge in [0.1, 0.15) is 0 Å². The summed E-state index contributed by atoms with van der Waals surface area (Å²) in [5, 5.41) is 2.40. The quantitative estimate of drug-likeness (QED) is 0.474. The van der Waals surface area contributed by atoms with Gasteiger partial charge in [0.25, 0.3) is 0 Å². The fourth-order valence-electron chi connectivity index (χ4n) is 0.920. The van der Waals surface area contributed by atoms with Crippen LogP contribution in [0.15, 0.2) is 36.0 Å². The summed E-state index contributed by atoms with van der Waals surface area (Å²) in [5.74, 6) is 0. The Bertz CT molecular complexity index is 187. The summed E-state index contributed by atoms with van der Waals surface area (Å²) >= 11 is 1.80. The molecule has 0 aromatic carbocycles. The Morgan fingerprint density at radius 1 is 1.64 bits per heavy atom. The zero-order valence-corrected chi connectivity index (χ0v) is 7.81. The first-order valence-corrected chi connectivity index (χ1v) is 5.30. The van der Waals surface area contributed by atoms with E-state index in [4.69, 9.17) is 0 Å². The molecule has 0 aromatic rings. The van der Waals surface area contributed by atoms with Gasteiger partial charge in [-0.1, -0.05) is 0 Å². The molecule has 0 nitrogen and oxygen atoms in total. The van der Waals surface area contributed by atoms with E-state index in [9.17, 15) is 0 Å². The third kappa shape index (κ3) is 3.58. The third-order valence-corrected chi connectivity index (χ3v) is 2.47. The van der Waals surface area contributed by atoms with E-state index in [1.54, 1.807) is 14.4 Å². The second-order valence-corrected chi connectivity index (χ2v) is 3.88. The van der Waals surface area contributed by atoms with Crippen LogP contribution in [0, 0.1) is 0 Å². The van der Waals surface area contributed by atoms with Crippen molar-refractivity contribution in [2.45, 2.75) is 24.1 Å². The van der Waals surface area contributed by atoms with Crippen molar-refractivity contribution >= 4 is 0 Å². The molecule has 0 bridgehead atoms. The minimum atomic E-state index is 1.12. The van der Waals surface area contributed by atoms with Crippen LogP contribution in [-0.2, 0) is 14.4 Å². The van der Waals surface area contributed by atoms with Gasteiger partial charge in [0, 0.05) is 0 Å². The molecular weight excluding hydrogens is 179 g/mol. The van der Waals surface area contributed by atoms with E-state index in [2.05, 4.69) is 37.3 Å². The van der Waals surface area contributed by atoms with Gasteiger partial charge in [0.05, 0.1) is 0 Å². The molecule has 0 unspecified atom stereocenters. The molecule has 11 heavy (non-hydrogen) atoms. The van der Waals surface area contributed by atoms with E-state index < -0.39 is 0 Å². The summed E-state index contributed by atoms with van der Waals surface area (Å²) in [4.78, 5) is 0. The topological polar surface area (TPSA) is 0 Å². The number of rotatable bonds is 4. The summed E-state index contributed by atoms with van der Waals surface area (Å²) in [7, 11) is 0. The Morgan fingerprint density at radius 2 is 2.55 bits per heavy atom. The molecule has 1 heteroatoms. The Hall–Kier alpha value is -0.286. The van der Waals surface area contributed by atoms with Crippen molar-refractivity contribution in [1.29, 1.82) is 0 Å². The van der Waals surface area contributed by atoms with Crippen LogP contribution in [0.2, 0.25) is 10.8 Å². The van der Waals surface area contributed by atoms with Gasteiger partial charge in [0.2, 0.25) is 0 Å². The molecule has 1 aliphatic carbocycles. The Balaban J connectivity index is 2.15. The summed E-state index contributed by atoms with van der Waals surface area (Å²) in [6.07, 6.45) is 12.1. The fraction of sp³-hybridized carbons (Fsp3) is 0.400. The fourth-order valence-corrected chi connectivity index (χ4v) is 1.49. The van der Waals surface area contributed by atoms with E-state index >= 15 is 0 Å². The van der Waals surface area contributed by atoms with E-state index in [0.717, 1.165) is 6.42 Å². The van der Waals surface area contributed by atoms with Crippen molar-refractivity contribution in [1.82, 2.24) is 0 Å². The van der Waals surface area contributed by atoms with Gasteiger partial charge < -0.3 is 0 Å². The molecule has 0 fully saturated rings. The van der Waals surface area contributed by atoms with E-state index in [-0.39, 0.29) is 0 Å². The summed E-state index contributed by atoms with van der Waals surface area (Å²) < 4.78 is 0. The van der Waals surface area contributed by atoms with Crippen LogP contribution in [0.1, 0.15) is 13.3 Å². The van der Waals surface area contributed by atoms with Crippen LogP contribution >= 0.6 is 0 Å². The first kappa shape index (κ1) is 8.81. The maximum absolute atomic E-state index is 2.25. The molecule has 1 aliphatic rings. The van der Waals surface area contributed by atoms with Crippen molar-refractivity contribution in [2.75, 3.05) is 0 Å². The van der Waals surface area contributed by atoms with Gasteiger partial charge in [0.15, 0.2) is 0 Å². The molecule has 0 saturated heterocycles. The summed E-state index contributed by atoms with van der Waals surface area (Å²) in [6, 6.07) is 0. The minimum absolute atomic E-state index is 1.12. The molecule has 0 amide bonds. The molecule has 0 saturated carbocycles. The van der Waals surface area contributed by atoms with Crippen molar-refractivity contribution < 1.29 is 14.4 Å². The van der Waals surface area contributed by atoms with Crippen LogP contribution in [-0.4, -0.2) is 0 Å². The van der Waals surface area contributed by atoms with Gasteiger partial charge in [-0.3, -0.25) is 0 Å². The van der Waals surface area contributed by atoms with E-state index in [1.165, 1.54) is 16.4 Å². The first-order chi connectivity index (χ1) is 5.43. The molecule has 0 radical (unpaired) electrons. The Kier molecular flexibility index (Phi) is 4.30. The van der Waals surface area contributed by atoms with Crippen LogP contribution in [0.4, 0.5) is 0 Å². The van der Waals surface area contributed by atoms with Gasteiger partial charge in [-0.2, -0.15) is 0 Å². The molecular formula is C10H14Ni. The summed E-state index contributed by atoms with van der Waals surface area (Å²) in [5.41, 5.74) is 1.44. The van der Waals surface area contributed by atoms with Gasteiger partial charge in [-0.15, -0.1) is 0 Å². The molecule has 64 valence electrons. The predicted molar refractivity (Wildman–Crippen MR) is 46.3 cm³/mol. The van der Waals surface area contributed by atoms with E-state index in [1.807, 2.05) is 0 Å². The van der Waals surface area contributed by atoms with Crippen LogP contribution in [0.5, 0.6) is 0 Å². The van der Waals surface area contributed by atoms with Crippen LogP contribution < -0.4 is 0 Å². The molecule has 0 N–H and O–H groups in total. The van der Waals surface area contributed by atoms with Crippen LogP contribution in [0.3, 0.4) is 0 Å². The molecule has 0 aliphatic heterocycles. The second-order valence-electron chi connectivity index (χ2n) is 2.29. The molecule has 0 heterocycles. The SMILES string of the molecule is C[CH2][Ni][CH2]C=CC1=CC=CC1. The Morgan fingerprint density at radius 3 is 3.18 bits per heavy atom. The maximum atomic E-state index is 2.25. The summed E-state index contributed by atoms with van der Waals surface area (Å²) in [6.45, 7) is 2.20. The number of hydrogen-bond acceptors (Lipinski definition) is 0. The van der Waals surface area contributed by atoms with Crippen LogP contribution in [0.25, 0.3) is 0 Å². The average molecular weight is 193 g/mol. The number of hydrogen-bond donors (Lipinski definition) is 0. The zero-order chi connectivity index (χ0) is 7.94. The molecule has 1 rings (SSSR count). The average Bonchev–Trinajstić information content (AvgIpc) is 2.50.